The van der Waals surface area contributed by atoms with Crippen LogP contribution in [0.2, 0.25) is 0 Å². The van der Waals surface area contributed by atoms with Crippen molar-refractivity contribution in [3.8, 4) is 0 Å². The standard InChI is InChI=1S/C13H14N4O2/c1-10-7-12(18)17(9-16-10)6-5-15-13(19)11-3-2-4-14-8-11/h2-4,7-9H,5-6H2,1H3,(H,15,19). The second kappa shape index (κ2) is 5.90. The van der Waals surface area contributed by atoms with Crippen LogP contribution in [0.4, 0.5) is 0 Å². The molecule has 19 heavy (non-hydrogen) atoms. The number of pyridine rings is 1. The molecule has 2 aromatic rings. The summed E-state index contributed by atoms with van der Waals surface area (Å²) in [6.07, 6.45) is 4.58. The number of carbonyl (C=O) groups excluding carboxylic acids is 1. The predicted octanol–water partition coefficient (Wildman–Crippen LogP) is 0.377. The Morgan fingerprint density at radius 2 is 2.32 bits per heavy atom. The second-order valence-electron chi connectivity index (χ2n) is 4.06. The highest BCUT2D eigenvalue weighted by Crippen LogP contribution is 1.94. The molecule has 2 aromatic heterocycles. The van der Waals surface area contributed by atoms with E-state index in [9.17, 15) is 9.59 Å². The molecule has 2 heterocycles. The lowest BCUT2D eigenvalue weighted by Gasteiger charge is -2.07. The molecule has 0 aromatic carbocycles. The normalized spacial score (nSPS) is 10.2. The predicted molar refractivity (Wildman–Crippen MR) is 69.8 cm³/mol. The van der Waals surface area contributed by atoms with E-state index in [1.807, 2.05) is 0 Å². The van der Waals surface area contributed by atoms with E-state index in [1.54, 1.807) is 25.3 Å². The first kappa shape index (κ1) is 12.9. The number of amides is 1. The van der Waals surface area contributed by atoms with E-state index >= 15 is 0 Å². The second-order valence-corrected chi connectivity index (χ2v) is 4.06. The minimum absolute atomic E-state index is 0.122. The van der Waals surface area contributed by atoms with Gasteiger partial charge in [0.25, 0.3) is 11.5 Å². The van der Waals surface area contributed by atoms with Crippen molar-refractivity contribution in [3.05, 3.63) is 58.5 Å². The van der Waals surface area contributed by atoms with Crippen LogP contribution in [0.25, 0.3) is 0 Å². The Hall–Kier alpha value is -2.50. The molecule has 98 valence electrons. The molecule has 0 aliphatic rings. The molecule has 6 heteroatoms. The average Bonchev–Trinajstić information content (AvgIpc) is 2.42. The van der Waals surface area contributed by atoms with Crippen molar-refractivity contribution in [1.82, 2.24) is 19.9 Å². The maximum atomic E-state index is 11.7. The molecule has 0 atom stereocenters. The summed E-state index contributed by atoms with van der Waals surface area (Å²) < 4.78 is 1.45. The van der Waals surface area contributed by atoms with Gasteiger partial charge in [0.05, 0.1) is 11.9 Å². The summed E-state index contributed by atoms with van der Waals surface area (Å²) in [6, 6.07) is 4.84. The highest BCUT2D eigenvalue weighted by atomic mass is 16.1. The third-order valence-electron chi connectivity index (χ3n) is 2.58. The van der Waals surface area contributed by atoms with Gasteiger partial charge in [0.15, 0.2) is 0 Å². The van der Waals surface area contributed by atoms with E-state index in [0.717, 1.165) is 0 Å². The summed E-state index contributed by atoms with van der Waals surface area (Å²) in [5, 5.41) is 2.72. The smallest absolute Gasteiger partial charge is 0.253 e. The van der Waals surface area contributed by atoms with Gasteiger partial charge < -0.3 is 5.32 Å². The van der Waals surface area contributed by atoms with Gasteiger partial charge in [-0.15, -0.1) is 0 Å². The monoisotopic (exact) mass is 258 g/mol. The van der Waals surface area contributed by atoms with Crippen LogP contribution in [0, 0.1) is 6.92 Å². The molecule has 0 unspecified atom stereocenters. The Labute approximate surface area is 110 Å². The number of rotatable bonds is 4. The lowest BCUT2D eigenvalue weighted by atomic mass is 10.3. The first-order chi connectivity index (χ1) is 9.16. The number of aryl methyl sites for hydroxylation is 1. The van der Waals surface area contributed by atoms with Crippen molar-refractivity contribution in [2.75, 3.05) is 6.54 Å². The van der Waals surface area contributed by atoms with Crippen LogP contribution in [-0.4, -0.2) is 27.0 Å². The zero-order valence-electron chi connectivity index (χ0n) is 10.5. The van der Waals surface area contributed by atoms with Gasteiger partial charge in [-0.05, 0) is 19.1 Å². The zero-order valence-corrected chi connectivity index (χ0v) is 10.5. The summed E-state index contributed by atoms with van der Waals surface area (Å²) in [6.45, 7) is 2.51. The largest absolute Gasteiger partial charge is 0.350 e. The molecule has 0 saturated carbocycles. The van der Waals surface area contributed by atoms with Crippen molar-refractivity contribution >= 4 is 5.91 Å². The maximum absolute atomic E-state index is 11.7. The van der Waals surface area contributed by atoms with Gasteiger partial charge in [0.1, 0.15) is 0 Å². The molecule has 1 amide bonds. The van der Waals surface area contributed by atoms with Crippen molar-refractivity contribution in [3.63, 3.8) is 0 Å². The van der Waals surface area contributed by atoms with Gasteiger partial charge in [-0.25, -0.2) is 4.98 Å². The fourth-order valence-corrected chi connectivity index (χ4v) is 1.57. The number of hydrogen-bond donors (Lipinski definition) is 1. The zero-order chi connectivity index (χ0) is 13.7. The molecule has 0 aliphatic heterocycles. The number of nitrogens with one attached hydrogen (secondary N) is 1. The van der Waals surface area contributed by atoms with Gasteiger partial charge >= 0.3 is 0 Å². The minimum atomic E-state index is -0.207. The summed E-state index contributed by atoms with van der Waals surface area (Å²) in [4.78, 5) is 31.2. The van der Waals surface area contributed by atoms with Crippen molar-refractivity contribution < 1.29 is 4.79 Å². The molecular weight excluding hydrogens is 244 g/mol. The summed E-state index contributed by atoms with van der Waals surface area (Å²) in [5.41, 5.74) is 1.06. The molecule has 0 bridgehead atoms. The molecule has 0 fully saturated rings. The third-order valence-corrected chi connectivity index (χ3v) is 2.58. The van der Waals surface area contributed by atoms with Crippen LogP contribution >= 0.6 is 0 Å². The van der Waals surface area contributed by atoms with Crippen LogP contribution in [0.1, 0.15) is 16.1 Å². The molecule has 0 aliphatic carbocycles. The van der Waals surface area contributed by atoms with Gasteiger partial charge in [-0.2, -0.15) is 0 Å². The van der Waals surface area contributed by atoms with E-state index in [4.69, 9.17) is 0 Å². The van der Waals surface area contributed by atoms with E-state index in [-0.39, 0.29) is 11.5 Å². The van der Waals surface area contributed by atoms with Crippen molar-refractivity contribution in [2.24, 2.45) is 0 Å². The number of hydrogen-bond acceptors (Lipinski definition) is 4. The summed E-state index contributed by atoms with van der Waals surface area (Å²) in [5.74, 6) is -0.207. The Bertz CT molecular complexity index is 622. The average molecular weight is 258 g/mol. The van der Waals surface area contributed by atoms with Gasteiger partial charge in [0.2, 0.25) is 0 Å². The van der Waals surface area contributed by atoms with E-state index in [2.05, 4.69) is 15.3 Å². The van der Waals surface area contributed by atoms with Gasteiger partial charge in [0, 0.05) is 37.2 Å². The third kappa shape index (κ3) is 3.48. The lowest BCUT2D eigenvalue weighted by molar-refractivity contribution is 0.0952. The first-order valence-corrected chi connectivity index (χ1v) is 5.88. The van der Waals surface area contributed by atoms with Crippen LogP contribution in [0.15, 0.2) is 41.7 Å². The summed E-state index contributed by atoms with van der Waals surface area (Å²) >= 11 is 0. The highest BCUT2D eigenvalue weighted by molar-refractivity contribution is 5.93. The van der Waals surface area contributed by atoms with E-state index in [1.165, 1.54) is 23.2 Å². The molecule has 0 spiro atoms. The highest BCUT2D eigenvalue weighted by Gasteiger charge is 2.04. The topological polar surface area (TPSA) is 76.9 Å². The van der Waals surface area contributed by atoms with Crippen LogP contribution in [0.3, 0.4) is 0 Å². The van der Waals surface area contributed by atoms with Crippen LogP contribution in [-0.2, 0) is 6.54 Å². The van der Waals surface area contributed by atoms with Crippen molar-refractivity contribution in [1.29, 1.82) is 0 Å². The molecular formula is C13H14N4O2. The Balaban J connectivity index is 1.90. The maximum Gasteiger partial charge on any atom is 0.253 e. The van der Waals surface area contributed by atoms with E-state index in [0.29, 0.717) is 24.3 Å². The van der Waals surface area contributed by atoms with Gasteiger partial charge in [-0.1, -0.05) is 0 Å². The molecule has 2 rings (SSSR count). The fraction of sp³-hybridized carbons (Fsp3) is 0.231. The first-order valence-electron chi connectivity index (χ1n) is 5.88. The number of nitrogens with zero attached hydrogens (tertiary/aromatic N) is 3. The SMILES string of the molecule is Cc1cc(=O)n(CCNC(=O)c2cccnc2)cn1. The van der Waals surface area contributed by atoms with Crippen LogP contribution in [0.5, 0.6) is 0 Å². The fourth-order valence-electron chi connectivity index (χ4n) is 1.57. The Kier molecular flexibility index (Phi) is 4.02. The summed E-state index contributed by atoms with van der Waals surface area (Å²) in [7, 11) is 0. The number of aromatic nitrogens is 3. The lowest BCUT2D eigenvalue weighted by Crippen LogP contribution is -2.30. The molecule has 0 saturated heterocycles. The van der Waals surface area contributed by atoms with Gasteiger partial charge in [-0.3, -0.25) is 19.1 Å². The minimum Gasteiger partial charge on any atom is -0.350 e. The molecule has 0 radical (unpaired) electrons. The quantitative estimate of drug-likeness (QED) is 0.860. The van der Waals surface area contributed by atoms with Crippen molar-refractivity contribution in [2.45, 2.75) is 13.5 Å². The number of carbonyl (C=O) groups is 1. The molecule has 6 nitrogen and oxygen atoms in total. The Morgan fingerprint density at radius 3 is 3.00 bits per heavy atom. The molecule has 1 N–H and O–H groups in total. The van der Waals surface area contributed by atoms with E-state index < -0.39 is 0 Å². The van der Waals surface area contributed by atoms with Crippen LogP contribution < -0.4 is 10.9 Å². The Morgan fingerprint density at radius 1 is 1.47 bits per heavy atom.